The van der Waals surface area contributed by atoms with Crippen LogP contribution >= 0.6 is 11.3 Å². The molecule has 1 aliphatic heterocycles. The number of carbonyl (C=O) groups is 2. The second-order valence-electron chi connectivity index (χ2n) is 8.36. The molecule has 11 heteroatoms. The summed E-state index contributed by atoms with van der Waals surface area (Å²) in [5.74, 6) is -2.11. The zero-order valence-electron chi connectivity index (χ0n) is 18.9. The number of thiophene rings is 1. The summed E-state index contributed by atoms with van der Waals surface area (Å²) in [6, 6.07) is 11.4. The summed E-state index contributed by atoms with van der Waals surface area (Å²) in [7, 11) is 0. The van der Waals surface area contributed by atoms with Gasteiger partial charge in [-0.1, -0.05) is 18.2 Å². The van der Waals surface area contributed by atoms with Gasteiger partial charge >= 0.3 is 5.69 Å². The number of rotatable bonds is 4. The third-order valence-corrected chi connectivity index (χ3v) is 7.02. The predicted octanol–water partition coefficient (Wildman–Crippen LogP) is 2.68. The number of hydrogen-bond donors (Lipinski definition) is 1. The van der Waals surface area contributed by atoms with Crippen LogP contribution in [0.5, 0.6) is 0 Å². The van der Waals surface area contributed by atoms with Gasteiger partial charge in [-0.2, -0.15) is 0 Å². The number of halogens is 2. The highest BCUT2D eigenvalue weighted by molar-refractivity contribution is 7.12. The highest BCUT2D eigenvalue weighted by Gasteiger charge is 2.27. The largest absolute Gasteiger partial charge is 0.335 e. The fraction of sp³-hybridized carbons (Fsp3) is 0.200. The van der Waals surface area contributed by atoms with Crippen molar-refractivity contribution in [1.29, 1.82) is 0 Å². The van der Waals surface area contributed by atoms with Gasteiger partial charge in [0.05, 0.1) is 27.9 Å². The summed E-state index contributed by atoms with van der Waals surface area (Å²) in [6.45, 7) is 1.05. The second-order valence-corrected chi connectivity index (χ2v) is 9.30. The molecule has 0 saturated carbocycles. The molecule has 0 spiro atoms. The number of nitrogens with one attached hydrogen (secondary N) is 1. The van der Waals surface area contributed by atoms with Crippen LogP contribution in [0.3, 0.4) is 0 Å². The molecule has 36 heavy (non-hydrogen) atoms. The lowest BCUT2D eigenvalue weighted by atomic mass is 10.1. The normalized spacial score (nSPS) is 13.8. The molecule has 1 aliphatic rings. The Bertz CT molecular complexity index is 1590. The minimum atomic E-state index is -0.837. The van der Waals surface area contributed by atoms with Gasteiger partial charge in [-0.3, -0.25) is 23.9 Å². The number of hydrogen-bond acceptors (Lipinski definition) is 5. The van der Waals surface area contributed by atoms with Crippen molar-refractivity contribution < 1.29 is 18.4 Å². The summed E-state index contributed by atoms with van der Waals surface area (Å²) in [6.07, 6.45) is 0. The van der Waals surface area contributed by atoms with Crippen LogP contribution in [0.4, 0.5) is 8.78 Å². The van der Waals surface area contributed by atoms with Crippen LogP contribution in [0.25, 0.3) is 10.9 Å². The molecule has 3 heterocycles. The van der Waals surface area contributed by atoms with Crippen molar-refractivity contribution in [1.82, 2.24) is 19.4 Å². The smallest absolute Gasteiger partial charge is 0.329 e. The van der Waals surface area contributed by atoms with E-state index in [1.165, 1.54) is 40.5 Å². The molecule has 1 fully saturated rings. The Morgan fingerprint density at radius 3 is 2.31 bits per heavy atom. The molecule has 4 aromatic rings. The Balaban J connectivity index is 1.37. The number of H-pyrrole nitrogens is 1. The SMILES string of the molecule is O=C(c1cccs1)N1CCN(C(=O)c2cc(Cn3c(=O)[nH]c(=O)c4c(F)cccc43)ccc2F)CC1. The fourth-order valence-electron chi connectivity index (χ4n) is 4.31. The van der Waals surface area contributed by atoms with Crippen molar-refractivity contribution in [2.75, 3.05) is 26.2 Å². The molecule has 184 valence electrons. The van der Waals surface area contributed by atoms with Crippen LogP contribution in [-0.4, -0.2) is 57.3 Å². The van der Waals surface area contributed by atoms with Crippen LogP contribution in [0, 0.1) is 11.6 Å². The van der Waals surface area contributed by atoms with Gasteiger partial charge in [0.2, 0.25) is 0 Å². The minimum absolute atomic E-state index is 0.0903. The van der Waals surface area contributed by atoms with Gasteiger partial charge in [0, 0.05) is 26.2 Å². The fourth-order valence-corrected chi connectivity index (χ4v) is 5.00. The topological polar surface area (TPSA) is 95.5 Å². The standard InChI is InChI=1S/C25H20F2N4O4S/c26-17-7-6-15(14-31-19-4-1-3-18(27)21(19)22(32)28-25(31)35)13-16(17)23(33)29-8-10-30(11-9-29)24(34)20-5-2-12-36-20/h1-7,12-13H,8-11,14H2,(H,28,32,35). The molecule has 2 aromatic heterocycles. The lowest BCUT2D eigenvalue weighted by Gasteiger charge is -2.34. The highest BCUT2D eigenvalue weighted by atomic mass is 32.1. The first-order valence-electron chi connectivity index (χ1n) is 11.2. The quantitative estimate of drug-likeness (QED) is 0.457. The Morgan fingerprint density at radius 2 is 1.61 bits per heavy atom. The maximum absolute atomic E-state index is 14.7. The molecule has 1 N–H and O–H groups in total. The van der Waals surface area contributed by atoms with Crippen molar-refractivity contribution in [2.24, 2.45) is 0 Å². The van der Waals surface area contributed by atoms with Gasteiger partial charge in [0.1, 0.15) is 11.6 Å². The lowest BCUT2D eigenvalue weighted by Crippen LogP contribution is -2.50. The monoisotopic (exact) mass is 510 g/mol. The molecule has 0 unspecified atom stereocenters. The lowest BCUT2D eigenvalue weighted by molar-refractivity contribution is 0.0535. The molecule has 0 bridgehead atoms. The number of aromatic nitrogens is 2. The number of nitrogens with zero attached hydrogens (tertiary/aromatic N) is 3. The van der Waals surface area contributed by atoms with Crippen LogP contribution in [0.15, 0.2) is 63.5 Å². The molecule has 1 saturated heterocycles. The average molecular weight is 511 g/mol. The van der Waals surface area contributed by atoms with E-state index < -0.39 is 28.8 Å². The van der Waals surface area contributed by atoms with Crippen molar-refractivity contribution in [3.63, 3.8) is 0 Å². The van der Waals surface area contributed by atoms with Gasteiger partial charge in [-0.15, -0.1) is 11.3 Å². The number of carbonyl (C=O) groups excluding carboxylic acids is 2. The van der Waals surface area contributed by atoms with E-state index in [4.69, 9.17) is 0 Å². The summed E-state index contributed by atoms with van der Waals surface area (Å²) in [4.78, 5) is 56.1. The Labute approximate surface area is 207 Å². The van der Waals surface area contributed by atoms with E-state index in [9.17, 15) is 28.0 Å². The molecule has 0 aliphatic carbocycles. The zero-order chi connectivity index (χ0) is 25.4. The van der Waals surface area contributed by atoms with Gasteiger partial charge in [0.15, 0.2) is 0 Å². The molecular weight excluding hydrogens is 490 g/mol. The molecule has 0 atom stereocenters. The Kier molecular flexibility index (Phi) is 6.23. The van der Waals surface area contributed by atoms with E-state index in [2.05, 4.69) is 4.98 Å². The first-order chi connectivity index (χ1) is 17.3. The number of piperazine rings is 1. The molecule has 0 radical (unpaired) electrons. The van der Waals surface area contributed by atoms with E-state index in [-0.39, 0.29) is 42.0 Å². The van der Waals surface area contributed by atoms with Gasteiger partial charge in [-0.05, 0) is 41.3 Å². The van der Waals surface area contributed by atoms with Gasteiger partial charge < -0.3 is 9.80 Å². The summed E-state index contributed by atoms with van der Waals surface area (Å²) in [5, 5.41) is 1.56. The predicted molar refractivity (Wildman–Crippen MR) is 130 cm³/mol. The first kappa shape index (κ1) is 23.6. The Morgan fingerprint density at radius 1 is 0.889 bits per heavy atom. The van der Waals surface area contributed by atoms with Gasteiger partial charge in [0.25, 0.3) is 17.4 Å². The molecule has 2 amide bonds. The van der Waals surface area contributed by atoms with Gasteiger partial charge in [-0.25, -0.2) is 13.6 Å². The van der Waals surface area contributed by atoms with Crippen molar-refractivity contribution in [3.8, 4) is 0 Å². The van der Waals surface area contributed by atoms with Crippen molar-refractivity contribution in [2.45, 2.75) is 6.54 Å². The summed E-state index contributed by atoms with van der Waals surface area (Å²) >= 11 is 1.35. The highest BCUT2D eigenvalue weighted by Crippen LogP contribution is 2.19. The maximum atomic E-state index is 14.7. The average Bonchev–Trinajstić information content (AvgIpc) is 3.41. The number of aromatic amines is 1. The summed E-state index contributed by atoms with van der Waals surface area (Å²) in [5.41, 5.74) is -1.24. The Hall–Kier alpha value is -4.12. The molecule has 8 nitrogen and oxygen atoms in total. The van der Waals surface area contributed by atoms with E-state index in [1.54, 1.807) is 17.0 Å². The number of fused-ring (bicyclic) bond motifs is 1. The molecule has 5 rings (SSSR count). The van der Waals surface area contributed by atoms with Crippen LogP contribution in [-0.2, 0) is 6.54 Å². The zero-order valence-corrected chi connectivity index (χ0v) is 19.7. The van der Waals surface area contributed by atoms with Crippen molar-refractivity contribution in [3.05, 3.63) is 102 Å². The molecule has 2 aromatic carbocycles. The van der Waals surface area contributed by atoms with Crippen LogP contribution < -0.4 is 11.2 Å². The number of benzene rings is 2. The number of amides is 2. The molecular formula is C25H20F2N4O4S. The van der Waals surface area contributed by atoms with Crippen molar-refractivity contribution >= 4 is 34.1 Å². The van der Waals surface area contributed by atoms with E-state index >= 15 is 0 Å². The third-order valence-electron chi connectivity index (χ3n) is 6.16. The van der Waals surface area contributed by atoms with E-state index in [0.717, 1.165) is 16.7 Å². The third kappa shape index (κ3) is 4.33. The maximum Gasteiger partial charge on any atom is 0.329 e. The summed E-state index contributed by atoms with van der Waals surface area (Å²) < 4.78 is 30.1. The van der Waals surface area contributed by atoms with Crippen LogP contribution in [0.1, 0.15) is 25.6 Å². The van der Waals surface area contributed by atoms with E-state index in [0.29, 0.717) is 23.5 Å². The van der Waals surface area contributed by atoms with Crippen LogP contribution in [0.2, 0.25) is 0 Å². The van der Waals surface area contributed by atoms with E-state index in [1.807, 2.05) is 5.38 Å². The minimum Gasteiger partial charge on any atom is -0.335 e. The second kappa shape index (κ2) is 9.50. The first-order valence-corrected chi connectivity index (χ1v) is 12.0.